The Morgan fingerprint density at radius 2 is 1.50 bits per heavy atom. The van der Waals surface area contributed by atoms with Crippen molar-refractivity contribution in [3.8, 4) is 0 Å². The molecular weight excluding hydrogens is 356 g/mol. The van der Waals surface area contributed by atoms with Gasteiger partial charge in [-0.25, -0.2) is 4.79 Å². The molecule has 1 aromatic rings. The first-order chi connectivity index (χ1) is 12.9. The van der Waals surface area contributed by atoms with Crippen molar-refractivity contribution in [3.63, 3.8) is 0 Å². The van der Waals surface area contributed by atoms with Crippen molar-refractivity contribution in [2.45, 2.75) is 71.4 Å². The molecular formula is C22H32N2O4. The second kappa shape index (κ2) is 8.33. The molecule has 0 saturated carbocycles. The fourth-order valence-corrected chi connectivity index (χ4v) is 3.04. The van der Waals surface area contributed by atoms with Crippen LogP contribution < -0.4 is 5.32 Å². The summed E-state index contributed by atoms with van der Waals surface area (Å²) in [6.07, 6.45) is 0.856. The first-order valence-corrected chi connectivity index (χ1v) is 9.80. The van der Waals surface area contributed by atoms with Crippen LogP contribution in [0.1, 0.15) is 70.3 Å². The van der Waals surface area contributed by atoms with Gasteiger partial charge in [-0.15, -0.1) is 0 Å². The lowest BCUT2D eigenvalue weighted by Gasteiger charge is -2.33. The third-order valence-electron chi connectivity index (χ3n) is 4.70. The van der Waals surface area contributed by atoms with Gasteiger partial charge in [-0.1, -0.05) is 45.0 Å². The normalized spacial score (nSPS) is 15.9. The minimum absolute atomic E-state index is 0.00799. The minimum atomic E-state index is -0.598. The number of nitrogens with zero attached hydrogens (tertiary/aromatic N) is 1. The summed E-state index contributed by atoms with van der Waals surface area (Å²) in [6, 6.07) is 7.06. The predicted molar refractivity (Wildman–Crippen MR) is 108 cm³/mol. The lowest BCUT2D eigenvalue weighted by atomic mass is 9.86. The number of nitrogens with one attached hydrogen (secondary N) is 1. The average molecular weight is 389 g/mol. The van der Waals surface area contributed by atoms with Gasteiger partial charge in [0.05, 0.1) is 0 Å². The number of hydrogen-bond acceptors (Lipinski definition) is 4. The van der Waals surface area contributed by atoms with Crippen LogP contribution in [0.25, 0.3) is 0 Å². The maximum atomic E-state index is 12.4. The zero-order chi connectivity index (χ0) is 21.1. The summed E-state index contributed by atoms with van der Waals surface area (Å²) in [7, 11) is 0. The summed E-state index contributed by atoms with van der Waals surface area (Å²) in [4.78, 5) is 38.5. The van der Waals surface area contributed by atoms with Crippen molar-refractivity contribution < 1.29 is 19.1 Å². The maximum absolute atomic E-state index is 12.4. The molecule has 0 aromatic heterocycles. The smallest absolute Gasteiger partial charge is 0.410 e. The van der Waals surface area contributed by atoms with E-state index < -0.39 is 17.3 Å². The zero-order valence-electron chi connectivity index (χ0n) is 17.8. The van der Waals surface area contributed by atoms with E-state index in [1.807, 2.05) is 32.9 Å². The SMILES string of the molecule is CC(C)(C)OC(=O)N1CCC(NC(=O)C(=O)c2ccc(C(C)(C)C)cc2)CC1. The zero-order valence-corrected chi connectivity index (χ0v) is 17.8. The number of amides is 2. The monoisotopic (exact) mass is 388 g/mol. The molecule has 0 atom stereocenters. The molecule has 1 aliphatic rings. The molecule has 1 saturated heterocycles. The Balaban J connectivity index is 1.87. The van der Waals surface area contributed by atoms with E-state index in [1.54, 1.807) is 17.0 Å². The van der Waals surface area contributed by atoms with Gasteiger partial charge in [0.2, 0.25) is 5.78 Å². The molecule has 1 aliphatic heterocycles. The van der Waals surface area contributed by atoms with Crippen LogP contribution in [0.15, 0.2) is 24.3 Å². The highest BCUT2D eigenvalue weighted by atomic mass is 16.6. The van der Waals surface area contributed by atoms with Gasteiger partial charge >= 0.3 is 6.09 Å². The number of hydrogen-bond donors (Lipinski definition) is 1. The van der Waals surface area contributed by atoms with E-state index in [0.29, 0.717) is 31.5 Å². The van der Waals surface area contributed by atoms with Crippen LogP contribution in [0.4, 0.5) is 4.79 Å². The molecule has 6 nitrogen and oxygen atoms in total. The van der Waals surface area contributed by atoms with Crippen LogP contribution in [-0.2, 0) is 14.9 Å². The molecule has 28 heavy (non-hydrogen) atoms. The van der Waals surface area contributed by atoms with Gasteiger partial charge < -0.3 is 15.0 Å². The molecule has 0 aliphatic carbocycles. The van der Waals surface area contributed by atoms with E-state index in [2.05, 4.69) is 26.1 Å². The van der Waals surface area contributed by atoms with Gasteiger partial charge in [0.15, 0.2) is 0 Å². The van der Waals surface area contributed by atoms with Gasteiger partial charge in [-0.3, -0.25) is 9.59 Å². The summed E-state index contributed by atoms with van der Waals surface area (Å²) >= 11 is 0. The standard InChI is InChI=1S/C22H32N2O4/c1-21(2,3)16-9-7-15(8-10-16)18(25)19(26)23-17-11-13-24(14-12-17)20(27)28-22(4,5)6/h7-10,17H,11-14H2,1-6H3,(H,23,26). The Kier molecular flexibility index (Phi) is 6.52. The van der Waals surface area contributed by atoms with E-state index in [1.165, 1.54) is 0 Å². The number of piperidine rings is 1. The lowest BCUT2D eigenvalue weighted by Crippen LogP contribution is -2.49. The van der Waals surface area contributed by atoms with Crippen molar-refractivity contribution in [1.29, 1.82) is 0 Å². The van der Waals surface area contributed by atoms with Crippen LogP contribution in [0.2, 0.25) is 0 Å². The molecule has 0 bridgehead atoms. The molecule has 154 valence electrons. The van der Waals surface area contributed by atoms with Gasteiger partial charge in [-0.2, -0.15) is 0 Å². The van der Waals surface area contributed by atoms with Crippen LogP contribution in [-0.4, -0.2) is 47.4 Å². The quantitative estimate of drug-likeness (QED) is 0.633. The summed E-state index contributed by atoms with van der Waals surface area (Å²) in [5.41, 5.74) is 0.957. The molecule has 2 amide bonds. The number of likely N-dealkylation sites (tertiary alicyclic amines) is 1. The van der Waals surface area contributed by atoms with E-state index in [-0.39, 0.29) is 17.6 Å². The largest absolute Gasteiger partial charge is 0.444 e. The summed E-state index contributed by atoms with van der Waals surface area (Å²) in [5, 5.41) is 2.80. The van der Waals surface area contributed by atoms with Crippen LogP contribution in [0.3, 0.4) is 0 Å². The Bertz CT molecular complexity index is 718. The number of ketones is 1. The molecule has 1 fully saturated rings. The first kappa shape index (κ1) is 21.9. The third-order valence-corrected chi connectivity index (χ3v) is 4.70. The molecule has 2 rings (SSSR count). The highest BCUT2D eigenvalue weighted by molar-refractivity contribution is 6.42. The average Bonchev–Trinajstić information content (AvgIpc) is 2.59. The second-order valence-corrected chi connectivity index (χ2v) is 9.37. The molecule has 1 aromatic carbocycles. The molecule has 0 unspecified atom stereocenters. The number of carbonyl (C=O) groups excluding carboxylic acids is 3. The summed E-state index contributed by atoms with van der Waals surface area (Å²) in [6.45, 7) is 12.8. The summed E-state index contributed by atoms with van der Waals surface area (Å²) in [5.74, 6) is -1.13. The van der Waals surface area contributed by atoms with E-state index in [4.69, 9.17) is 4.74 Å². The van der Waals surface area contributed by atoms with Crippen molar-refractivity contribution >= 4 is 17.8 Å². The number of ether oxygens (including phenoxy) is 1. The van der Waals surface area contributed by atoms with E-state index in [9.17, 15) is 14.4 Å². The second-order valence-electron chi connectivity index (χ2n) is 9.37. The molecule has 6 heteroatoms. The molecule has 0 spiro atoms. The first-order valence-electron chi connectivity index (χ1n) is 9.80. The van der Waals surface area contributed by atoms with E-state index >= 15 is 0 Å². The lowest BCUT2D eigenvalue weighted by molar-refractivity contribution is -0.117. The number of Topliss-reactive ketones (excluding diaryl/α,β-unsaturated/α-hetero) is 1. The number of carbonyl (C=O) groups is 3. The van der Waals surface area contributed by atoms with Gasteiger partial charge in [0.25, 0.3) is 5.91 Å². The number of benzene rings is 1. The molecule has 1 N–H and O–H groups in total. The Hall–Kier alpha value is -2.37. The highest BCUT2D eigenvalue weighted by Crippen LogP contribution is 2.22. The van der Waals surface area contributed by atoms with Crippen molar-refractivity contribution in [2.24, 2.45) is 0 Å². The van der Waals surface area contributed by atoms with Crippen LogP contribution >= 0.6 is 0 Å². The van der Waals surface area contributed by atoms with E-state index in [0.717, 1.165) is 5.56 Å². The fourth-order valence-electron chi connectivity index (χ4n) is 3.04. The van der Waals surface area contributed by atoms with Gasteiger partial charge in [-0.05, 0) is 44.6 Å². The molecule has 1 heterocycles. The third kappa shape index (κ3) is 6.08. The summed E-state index contributed by atoms with van der Waals surface area (Å²) < 4.78 is 5.37. The predicted octanol–water partition coefficient (Wildman–Crippen LogP) is 3.68. The highest BCUT2D eigenvalue weighted by Gasteiger charge is 2.28. The van der Waals surface area contributed by atoms with Crippen molar-refractivity contribution in [2.75, 3.05) is 13.1 Å². The van der Waals surface area contributed by atoms with Gasteiger partial charge in [0, 0.05) is 24.7 Å². The van der Waals surface area contributed by atoms with Gasteiger partial charge in [0.1, 0.15) is 5.60 Å². The van der Waals surface area contributed by atoms with Crippen molar-refractivity contribution in [1.82, 2.24) is 10.2 Å². The Morgan fingerprint density at radius 1 is 0.964 bits per heavy atom. The van der Waals surface area contributed by atoms with Crippen molar-refractivity contribution in [3.05, 3.63) is 35.4 Å². The van der Waals surface area contributed by atoms with Crippen LogP contribution in [0.5, 0.6) is 0 Å². The molecule has 0 radical (unpaired) electrons. The Labute approximate surface area is 167 Å². The maximum Gasteiger partial charge on any atom is 0.410 e. The Morgan fingerprint density at radius 3 is 1.96 bits per heavy atom. The topological polar surface area (TPSA) is 75.7 Å². The number of rotatable bonds is 3. The minimum Gasteiger partial charge on any atom is -0.444 e. The fraction of sp³-hybridized carbons (Fsp3) is 0.591. The van der Waals surface area contributed by atoms with Crippen LogP contribution in [0, 0.1) is 0 Å².